The Labute approximate surface area is 149 Å². The van der Waals surface area contributed by atoms with Crippen LogP contribution in [0.2, 0.25) is 0 Å². The van der Waals surface area contributed by atoms with Crippen LogP contribution in [0, 0.1) is 6.92 Å². The predicted molar refractivity (Wildman–Crippen MR) is 96.1 cm³/mol. The minimum Gasteiger partial charge on any atom is -0.478 e. The summed E-state index contributed by atoms with van der Waals surface area (Å²) < 4.78 is 0. The second kappa shape index (κ2) is 6.94. The average molecular weight is 353 g/mol. The van der Waals surface area contributed by atoms with Crippen LogP contribution in [0.1, 0.15) is 27.0 Å². The van der Waals surface area contributed by atoms with Crippen molar-refractivity contribution in [2.45, 2.75) is 13.5 Å². The largest absolute Gasteiger partial charge is 0.478 e. The number of nitrogens with zero attached hydrogens (tertiary/aromatic N) is 1. The maximum Gasteiger partial charge on any atom is 0.336 e. The van der Waals surface area contributed by atoms with Gasteiger partial charge in [0.25, 0.3) is 11.1 Å². The van der Waals surface area contributed by atoms with Crippen molar-refractivity contribution in [3.05, 3.63) is 75.7 Å². The molecule has 0 aliphatic carbocycles. The number of thioether (sulfide) groups is 1. The van der Waals surface area contributed by atoms with E-state index in [9.17, 15) is 19.5 Å². The molecule has 3 rings (SSSR count). The summed E-state index contributed by atoms with van der Waals surface area (Å²) in [6.45, 7) is 2.13. The number of hydrogen-bond donors (Lipinski definition) is 1. The molecule has 2 amide bonds. The first-order chi connectivity index (χ1) is 12.0. The lowest BCUT2D eigenvalue weighted by Crippen LogP contribution is -2.27. The minimum absolute atomic E-state index is 0.0909. The van der Waals surface area contributed by atoms with Crippen LogP contribution in [-0.4, -0.2) is 27.1 Å². The number of carboxylic acids is 1. The SMILES string of the molecule is Cc1ccccc1CN1C(=O)S/C(=C\c2ccccc2C(=O)O)C1=O. The number of hydrogen-bond acceptors (Lipinski definition) is 4. The van der Waals surface area contributed by atoms with Gasteiger partial charge in [-0.2, -0.15) is 0 Å². The van der Waals surface area contributed by atoms with Gasteiger partial charge in [-0.15, -0.1) is 0 Å². The summed E-state index contributed by atoms with van der Waals surface area (Å²) in [4.78, 5) is 37.5. The lowest BCUT2D eigenvalue weighted by Gasteiger charge is -2.14. The quantitative estimate of drug-likeness (QED) is 0.843. The van der Waals surface area contributed by atoms with Gasteiger partial charge in [0.2, 0.25) is 0 Å². The molecule has 1 saturated heterocycles. The third-order valence-corrected chi connectivity index (χ3v) is 4.85. The first-order valence-electron chi connectivity index (χ1n) is 7.59. The Balaban J connectivity index is 1.89. The lowest BCUT2D eigenvalue weighted by atomic mass is 10.1. The molecule has 1 N–H and O–H groups in total. The number of aromatic carboxylic acids is 1. The molecule has 1 aliphatic heterocycles. The molecule has 1 heterocycles. The highest BCUT2D eigenvalue weighted by Crippen LogP contribution is 2.34. The molecule has 6 heteroatoms. The molecule has 0 unspecified atom stereocenters. The van der Waals surface area contributed by atoms with Gasteiger partial charge in [0.05, 0.1) is 17.0 Å². The summed E-state index contributed by atoms with van der Waals surface area (Å²) in [5, 5.41) is 8.88. The highest BCUT2D eigenvalue weighted by atomic mass is 32.2. The third kappa shape index (κ3) is 3.49. The zero-order valence-corrected chi connectivity index (χ0v) is 14.2. The maximum absolute atomic E-state index is 12.6. The van der Waals surface area contributed by atoms with Crippen LogP contribution < -0.4 is 0 Å². The summed E-state index contributed by atoms with van der Waals surface area (Å²) in [6.07, 6.45) is 1.46. The van der Waals surface area contributed by atoms with Gasteiger partial charge in [0, 0.05) is 0 Å². The van der Waals surface area contributed by atoms with Crippen molar-refractivity contribution in [2.24, 2.45) is 0 Å². The standard InChI is InChI=1S/C19H15NO4S/c1-12-6-2-3-8-14(12)11-20-17(21)16(25-19(20)24)10-13-7-4-5-9-15(13)18(22)23/h2-10H,11H2,1H3,(H,22,23)/b16-10-. The van der Waals surface area contributed by atoms with Crippen molar-refractivity contribution < 1.29 is 19.5 Å². The Kier molecular flexibility index (Phi) is 4.72. The van der Waals surface area contributed by atoms with E-state index >= 15 is 0 Å². The van der Waals surface area contributed by atoms with E-state index in [2.05, 4.69) is 0 Å². The molecule has 2 aromatic carbocycles. The fourth-order valence-electron chi connectivity index (χ4n) is 2.55. The van der Waals surface area contributed by atoms with Crippen molar-refractivity contribution in [1.29, 1.82) is 0 Å². The Morgan fingerprint density at radius 2 is 1.80 bits per heavy atom. The summed E-state index contributed by atoms with van der Waals surface area (Å²) in [6, 6.07) is 13.9. The van der Waals surface area contributed by atoms with Gasteiger partial charge < -0.3 is 5.11 Å². The second-order valence-electron chi connectivity index (χ2n) is 5.59. The van der Waals surface area contributed by atoms with Crippen molar-refractivity contribution in [3.63, 3.8) is 0 Å². The number of imide groups is 1. The van der Waals surface area contributed by atoms with Crippen LogP contribution in [0.3, 0.4) is 0 Å². The van der Waals surface area contributed by atoms with Crippen molar-refractivity contribution >= 4 is 35.0 Å². The van der Waals surface area contributed by atoms with E-state index in [4.69, 9.17) is 0 Å². The summed E-state index contributed by atoms with van der Waals surface area (Å²) >= 11 is 0.828. The van der Waals surface area contributed by atoms with Crippen LogP contribution in [0.5, 0.6) is 0 Å². The van der Waals surface area contributed by atoms with Crippen molar-refractivity contribution in [2.75, 3.05) is 0 Å². The lowest BCUT2D eigenvalue weighted by molar-refractivity contribution is -0.123. The molecule has 0 radical (unpaired) electrons. The van der Waals surface area contributed by atoms with Gasteiger partial charge in [-0.1, -0.05) is 42.5 Å². The molecule has 0 bridgehead atoms. The van der Waals surface area contributed by atoms with Crippen LogP contribution in [-0.2, 0) is 11.3 Å². The van der Waals surface area contributed by atoms with E-state index in [1.807, 2.05) is 31.2 Å². The first-order valence-corrected chi connectivity index (χ1v) is 8.41. The van der Waals surface area contributed by atoms with Gasteiger partial charge in [-0.05, 0) is 47.5 Å². The Morgan fingerprint density at radius 3 is 2.52 bits per heavy atom. The Morgan fingerprint density at radius 1 is 1.12 bits per heavy atom. The van der Waals surface area contributed by atoms with Crippen LogP contribution in [0.25, 0.3) is 6.08 Å². The number of benzene rings is 2. The normalized spacial score (nSPS) is 15.9. The molecule has 1 aliphatic rings. The number of carbonyl (C=O) groups is 3. The van der Waals surface area contributed by atoms with Gasteiger partial charge >= 0.3 is 5.97 Å². The smallest absolute Gasteiger partial charge is 0.336 e. The molecule has 0 saturated carbocycles. The van der Waals surface area contributed by atoms with E-state index in [0.717, 1.165) is 22.9 Å². The monoisotopic (exact) mass is 353 g/mol. The van der Waals surface area contributed by atoms with E-state index in [0.29, 0.717) is 5.56 Å². The summed E-state index contributed by atoms with van der Waals surface area (Å²) in [7, 11) is 0. The van der Waals surface area contributed by atoms with Crippen LogP contribution in [0.15, 0.2) is 53.4 Å². The van der Waals surface area contributed by atoms with Gasteiger partial charge in [-0.3, -0.25) is 14.5 Å². The molecule has 0 atom stereocenters. The van der Waals surface area contributed by atoms with Gasteiger partial charge in [0.1, 0.15) is 0 Å². The number of carboxylic acid groups (broad SMARTS) is 1. The zero-order chi connectivity index (χ0) is 18.0. The van der Waals surface area contributed by atoms with E-state index < -0.39 is 11.9 Å². The van der Waals surface area contributed by atoms with Gasteiger partial charge in [-0.25, -0.2) is 4.79 Å². The average Bonchev–Trinajstić information content (AvgIpc) is 2.84. The van der Waals surface area contributed by atoms with Crippen molar-refractivity contribution in [1.82, 2.24) is 4.90 Å². The minimum atomic E-state index is -1.08. The van der Waals surface area contributed by atoms with E-state index in [1.165, 1.54) is 17.0 Å². The zero-order valence-electron chi connectivity index (χ0n) is 13.4. The highest BCUT2D eigenvalue weighted by Gasteiger charge is 2.35. The van der Waals surface area contributed by atoms with Crippen molar-refractivity contribution in [3.8, 4) is 0 Å². The number of rotatable bonds is 4. The van der Waals surface area contributed by atoms with Crippen LogP contribution >= 0.6 is 11.8 Å². The molecular formula is C19H15NO4S. The number of carbonyl (C=O) groups excluding carboxylic acids is 2. The number of amides is 2. The van der Waals surface area contributed by atoms with E-state index in [-0.39, 0.29) is 22.3 Å². The molecule has 0 spiro atoms. The Bertz CT molecular complexity index is 904. The molecule has 5 nitrogen and oxygen atoms in total. The second-order valence-corrected chi connectivity index (χ2v) is 6.58. The third-order valence-electron chi connectivity index (χ3n) is 3.94. The molecule has 0 aromatic heterocycles. The van der Waals surface area contributed by atoms with Gasteiger partial charge in [0.15, 0.2) is 0 Å². The Hall–Kier alpha value is -2.86. The first kappa shape index (κ1) is 17.0. The molecule has 126 valence electrons. The summed E-state index contributed by atoms with van der Waals surface area (Å²) in [5.41, 5.74) is 2.39. The maximum atomic E-state index is 12.6. The topological polar surface area (TPSA) is 74.7 Å². The summed E-state index contributed by atoms with van der Waals surface area (Å²) in [5.74, 6) is -1.48. The molecular weight excluding hydrogens is 338 g/mol. The molecule has 25 heavy (non-hydrogen) atoms. The predicted octanol–water partition coefficient (Wildman–Crippen LogP) is 3.93. The molecule has 1 fully saturated rings. The molecule has 2 aromatic rings. The fourth-order valence-corrected chi connectivity index (χ4v) is 3.38. The van der Waals surface area contributed by atoms with E-state index in [1.54, 1.807) is 18.2 Å². The number of aryl methyl sites for hydroxylation is 1. The highest BCUT2D eigenvalue weighted by molar-refractivity contribution is 8.18. The van der Waals surface area contributed by atoms with Crippen LogP contribution in [0.4, 0.5) is 4.79 Å². The fraction of sp³-hybridized carbons (Fsp3) is 0.105.